The summed E-state index contributed by atoms with van der Waals surface area (Å²) in [5.74, 6) is 0.507. The summed E-state index contributed by atoms with van der Waals surface area (Å²) in [5, 5.41) is 13.6. The molecule has 1 fully saturated rings. The highest BCUT2D eigenvalue weighted by molar-refractivity contribution is 7.80. The summed E-state index contributed by atoms with van der Waals surface area (Å²) >= 11 is 5.87. The Morgan fingerprint density at radius 2 is 1.62 bits per heavy atom. The van der Waals surface area contributed by atoms with Gasteiger partial charge in [0.15, 0.2) is 5.11 Å². The number of nitrogens with zero attached hydrogens (tertiary/aromatic N) is 3. The monoisotopic (exact) mass is 532 g/mol. The fraction of sp³-hybridized carbons (Fsp3) is 0.0645. The number of thiocarbonyl (C=S) groups is 1. The van der Waals surface area contributed by atoms with E-state index in [-0.39, 0.29) is 17.6 Å². The van der Waals surface area contributed by atoms with Crippen molar-refractivity contribution in [2.45, 2.75) is 12.1 Å². The highest BCUT2D eigenvalue weighted by Gasteiger charge is 2.42. The second kappa shape index (κ2) is 10.4. The predicted molar refractivity (Wildman–Crippen MR) is 154 cm³/mol. The minimum Gasteiger partial charge on any atom is -0.478 e. The molecule has 39 heavy (non-hydrogen) atoms. The van der Waals surface area contributed by atoms with Crippen molar-refractivity contribution in [3.8, 4) is 17.2 Å². The summed E-state index contributed by atoms with van der Waals surface area (Å²) in [4.78, 5) is 18.4. The maximum absolute atomic E-state index is 11.7. The van der Waals surface area contributed by atoms with Gasteiger partial charge in [-0.1, -0.05) is 30.3 Å². The first-order chi connectivity index (χ1) is 19.1. The van der Waals surface area contributed by atoms with Gasteiger partial charge in [0.2, 0.25) is 0 Å². The average molecular weight is 533 g/mol. The summed E-state index contributed by atoms with van der Waals surface area (Å²) < 4.78 is 7.99. The molecule has 3 aromatic carbocycles. The van der Waals surface area contributed by atoms with Crippen molar-refractivity contribution in [2.24, 2.45) is 0 Å². The standard InChI is InChI=1S/C31H24N4O3S/c36-30(37)21-8-6-9-23(20-21)34-19-7-13-27(34)29-28(26-12-4-5-18-32-26)33-31(39)35(29)22-14-16-25(17-15-22)38-24-10-2-1-3-11-24/h1-20,28-29H,(H,33,39)(H,36,37). The van der Waals surface area contributed by atoms with E-state index in [9.17, 15) is 9.90 Å². The van der Waals surface area contributed by atoms with Crippen molar-refractivity contribution in [2.75, 3.05) is 4.90 Å². The van der Waals surface area contributed by atoms with Gasteiger partial charge in [-0.25, -0.2) is 4.79 Å². The van der Waals surface area contributed by atoms with Crippen molar-refractivity contribution in [1.29, 1.82) is 0 Å². The highest BCUT2D eigenvalue weighted by atomic mass is 32.1. The average Bonchev–Trinajstić information content (AvgIpc) is 3.59. The lowest BCUT2D eigenvalue weighted by atomic mass is 10.0. The number of ether oxygens (including phenoxy) is 1. The lowest BCUT2D eigenvalue weighted by molar-refractivity contribution is 0.0697. The summed E-state index contributed by atoms with van der Waals surface area (Å²) in [6.07, 6.45) is 3.70. The number of aromatic carboxylic acids is 1. The van der Waals surface area contributed by atoms with Crippen LogP contribution in [0.25, 0.3) is 5.69 Å². The maximum atomic E-state index is 11.7. The predicted octanol–water partition coefficient (Wildman–Crippen LogP) is 6.54. The van der Waals surface area contributed by atoms with E-state index in [0.717, 1.165) is 34.3 Å². The zero-order valence-corrected chi connectivity index (χ0v) is 21.5. The van der Waals surface area contributed by atoms with Crippen molar-refractivity contribution in [3.63, 3.8) is 0 Å². The number of carboxylic acid groups (broad SMARTS) is 1. The third-order valence-electron chi connectivity index (χ3n) is 6.65. The number of carbonyl (C=O) groups is 1. The molecule has 0 spiro atoms. The lowest BCUT2D eigenvalue weighted by Gasteiger charge is -2.29. The second-order valence-corrected chi connectivity index (χ2v) is 9.45. The number of rotatable bonds is 7. The largest absolute Gasteiger partial charge is 0.478 e. The van der Waals surface area contributed by atoms with Gasteiger partial charge in [-0.15, -0.1) is 0 Å². The molecule has 5 aromatic rings. The lowest BCUT2D eigenvalue weighted by Crippen LogP contribution is -2.30. The number of para-hydroxylation sites is 1. The molecule has 3 heterocycles. The zero-order valence-electron chi connectivity index (χ0n) is 20.7. The summed E-state index contributed by atoms with van der Waals surface area (Å²) in [7, 11) is 0. The van der Waals surface area contributed by atoms with E-state index in [1.54, 1.807) is 24.4 Å². The van der Waals surface area contributed by atoms with Crippen LogP contribution in [0.4, 0.5) is 5.69 Å². The number of hydrogen-bond donors (Lipinski definition) is 2. The minimum atomic E-state index is -0.972. The van der Waals surface area contributed by atoms with E-state index in [2.05, 4.69) is 15.2 Å². The molecule has 8 heteroatoms. The first-order valence-electron chi connectivity index (χ1n) is 12.4. The van der Waals surface area contributed by atoms with E-state index >= 15 is 0 Å². The van der Waals surface area contributed by atoms with Gasteiger partial charge >= 0.3 is 5.97 Å². The van der Waals surface area contributed by atoms with Gasteiger partial charge in [0.1, 0.15) is 17.5 Å². The molecule has 192 valence electrons. The third-order valence-corrected chi connectivity index (χ3v) is 6.96. The van der Waals surface area contributed by atoms with Gasteiger partial charge in [-0.2, -0.15) is 0 Å². The van der Waals surface area contributed by atoms with Crippen LogP contribution >= 0.6 is 12.2 Å². The molecule has 2 aromatic heterocycles. The first-order valence-corrected chi connectivity index (χ1v) is 12.8. The summed E-state index contributed by atoms with van der Waals surface area (Å²) in [6.45, 7) is 0. The Bertz CT molecular complexity index is 1620. The molecular weight excluding hydrogens is 508 g/mol. The van der Waals surface area contributed by atoms with Crippen LogP contribution in [0.2, 0.25) is 0 Å². The fourth-order valence-electron chi connectivity index (χ4n) is 4.89. The molecule has 2 N–H and O–H groups in total. The van der Waals surface area contributed by atoms with E-state index < -0.39 is 5.97 Å². The summed E-state index contributed by atoms with van der Waals surface area (Å²) in [6, 6.07) is 33.6. The van der Waals surface area contributed by atoms with Gasteiger partial charge < -0.3 is 24.6 Å². The van der Waals surface area contributed by atoms with Gasteiger partial charge in [0.05, 0.1) is 17.3 Å². The number of anilines is 1. The van der Waals surface area contributed by atoms with Gasteiger partial charge in [-0.05, 0) is 91.1 Å². The zero-order chi connectivity index (χ0) is 26.8. The fourth-order valence-corrected chi connectivity index (χ4v) is 5.24. The number of aromatic nitrogens is 2. The number of pyridine rings is 1. The van der Waals surface area contributed by atoms with Gasteiger partial charge in [0.25, 0.3) is 0 Å². The van der Waals surface area contributed by atoms with Crippen LogP contribution in [-0.2, 0) is 0 Å². The van der Waals surface area contributed by atoms with Crippen LogP contribution < -0.4 is 15.0 Å². The highest BCUT2D eigenvalue weighted by Crippen LogP contribution is 2.42. The summed E-state index contributed by atoms with van der Waals surface area (Å²) in [5.41, 5.74) is 3.65. The Morgan fingerprint density at radius 1 is 0.846 bits per heavy atom. The van der Waals surface area contributed by atoms with Crippen LogP contribution in [0.1, 0.15) is 33.8 Å². The van der Waals surface area contributed by atoms with Gasteiger partial charge in [-0.3, -0.25) is 4.98 Å². The number of carboxylic acids is 1. The quantitative estimate of drug-likeness (QED) is 0.230. The molecule has 6 rings (SSSR count). The van der Waals surface area contributed by atoms with Gasteiger partial charge in [0, 0.05) is 29.5 Å². The number of nitrogens with one attached hydrogen (secondary N) is 1. The molecule has 0 aliphatic carbocycles. The molecule has 0 amide bonds. The van der Waals surface area contributed by atoms with Crippen LogP contribution in [0.5, 0.6) is 11.5 Å². The Kier molecular flexibility index (Phi) is 6.52. The molecule has 1 aliphatic rings. The smallest absolute Gasteiger partial charge is 0.335 e. The Morgan fingerprint density at radius 3 is 2.36 bits per heavy atom. The van der Waals surface area contributed by atoms with Crippen molar-refractivity contribution in [1.82, 2.24) is 14.9 Å². The van der Waals surface area contributed by atoms with E-state index in [4.69, 9.17) is 17.0 Å². The molecular formula is C31H24N4O3S. The Balaban J connectivity index is 1.41. The van der Waals surface area contributed by atoms with E-state index in [1.165, 1.54) is 0 Å². The molecule has 0 bridgehead atoms. The van der Waals surface area contributed by atoms with Crippen LogP contribution in [0.3, 0.4) is 0 Å². The Hall–Kier alpha value is -4.95. The van der Waals surface area contributed by atoms with Crippen LogP contribution in [0, 0.1) is 0 Å². The molecule has 1 aliphatic heterocycles. The van der Waals surface area contributed by atoms with E-state index in [0.29, 0.717) is 5.11 Å². The maximum Gasteiger partial charge on any atom is 0.335 e. The number of hydrogen-bond acceptors (Lipinski definition) is 4. The van der Waals surface area contributed by atoms with E-state index in [1.807, 2.05) is 102 Å². The second-order valence-electron chi connectivity index (χ2n) is 9.06. The topological polar surface area (TPSA) is 79.6 Å². The molecule has 2 unspecified atom stereocenters. The number of benzene rings is 3. The van der Waals surface area contributed by atoms with Crippen molar-refractivity contribution in [3.05, 3.63) is 139 Å². The first kappa shape index (κ1) is 24.4. The molecule has 0 saturated carbocycles. The Labute approximate surface area is 230 Å². The molecule has 0 radical (unpaired) electrons. The normalized spacial score (nSPS) is 16.6. The molecule has 1 saturated heterocycles. The molecule has 7 nitrogen and oxygen atoms in total. The van der Waals surface area contributed by atoms with Crippen LogP contribution in [-0.4, -0.2) is 25.7 Å². The molecule has 2 atom stereocenters. The van der Waals surface area contributed by atoms with Crippen LogP contribution in [0.15, 0.2) is 122 Å². The SMILES string of the molecule is O=C(O)c1cccc(-n2cccc2C2C(c3ccccn3)NC(=S)N2c2ccc(Oc3ccccc3)cc2)c1. The minimum absolute atomic E-state index is 0.222. The third kappa shape index (κ3) is 4.85. The van der Waals surface area contributed by atoms with Crippen molar-refractivity contribution < 1.29 is 14.6 Å². The van der Waals surface area contributed by atoms with Crippen molar-refractivity contribution >= 4 is 29.0 Å².